The fraction of sp³-hybridized carbons (Fsp3) is 0. The number of amidine groups is 2. The molecule has 232 valence electrons. The van der Waals surface area contributed by atoms with E-state index in [4.69, 9.17) is 16.6 Å². The van der Waals surface area contributed by atoms with Gasteiger partial charge in [0, 0.05) is 44.4 Å². The van der Waals surface area contributed by atoms with E-state index in [0.29, 0.717) is 39.1 Å². The number of benzene rings is 5. The summed E-state index contributed by atoms with van der Waals surface area (Å²) in [5.74, 6) is -0.144. The minimum absolute atomic E-state index is 0.219. The number of rotatable bonds is 7. The number of amides is 2. The van der Waals surface area contributed by atoms with Gasteiger partial charge in [0.05, 0.1) is 11.4 Å². The summed E-state index contributed by atoms with van der Waals surface area (Å²) in [6.07, 6.45) is 3.65. The summed E-state index contributed by atoms with van der Waals surface area (Å²) >= 11 is 5.99. The number of hydrazone groups is 1. The van der Waals surface area contributed by atoms with Crippen LogP contribution >= 0.6 is 11.6 Å². The first-order valence-corrected chi connectivity index (χ1v) is 15.4. The summed E-state index contributed by atoms with van der Waals surface area (Å²) in [5.41, 5.74) is 8.05. The molecule has 6 aromatic rings. The number of aliphatic imine (C=N–C) groups is 1. The van der Waals surface area contributed by atoms with Crippen LogP contribution in [0.4, 0.5) is 11.4 Å². The van der Waals surface area contributed by atoms with Crippen molar-refractivity contribution in [1.29, 1.82) is 0 Å². The van der Waals surface area contributed by atoms with Crippen molar-refractivity contribution < 1.29 is 9.59 Å². The van der Waals surface area contributed by atoms with Crippen LogP contribution in [-0.2, 0) is 4.79 Å². The van der Waals surface area contributed by atoms with Gasteiger partial charge < -0.3 is 4.98 Å². The maximum atomic E-state index is 13.9. The Balaban J connectivity index is 1.15. The van der Waals surface area contributed by atoms with E-state index in [1.165, 1.54) is 0 Å². The number of halogens is 1. The number of carbonyl (C=O) groups excluding carboxylic acids is 2. The molecule has 0 radical (unpaired) electrons. The van der Waals surface area contributed by atoms with E-state index >= 15 is 0 Å². The smallest absolute Gasteiger partial charge is 0.295 e. The van der Waals surface area contributed by atoms with Crippen molar-refractivity contribution in [2.75, 3.05) is 10.3 Å². The highest BCUT2D eigenvalue weighted by atomic mass is 35.5. The highest BCUT2D eigenvalue weighted by Crippen LogP contribution is 2.30. The van der Waals surface area contributed by atoms with Gasteiger partial charge in [-0.25, -0.2) is 4.99 Å². The third-order valence-electron chi connectivity index (χ3n) is 7.58. The normalized spacial score (nSPS) is 14.2. The SMILES string of the molecule is O=C(N=N/C(=N/Nc1ccc(Cl)cc1)c1ccccc1)c1ccc(N2C(=O)/C(=C\c3c[nH]c4ccccc34)N=C2c2ccccc2)cc1. The van der Waals surface area contributed by atoms with Gasteiger partial charge in [0.1, 0.15) is 11.5 Å². The van der Waals surface area contributed by atoms with Crippen LogP contribution in [0.25, 0.3) is 17.0 Å². The maximum absolute atomic E-state index is 13.9. The molecule has 7 rings (SSSR count). The largest absolute Gasteiger partial charge is 0.361 e. The van der Waals surface area contributed by atoms with E-state index in [0.717, 1.165) is 22.0 Å². The lowest BCUT2D eigenvalue weighted by Gasteiger charge is -2.18. The van der Waals surface area contributed by atoms with Gasteiger partial charge >= 0.3 is 0 Å². The Kier molecular flexibility index (Phi) is 8.50. The number of azo groups is 1. The number of para-hydroxylation sites is 1. The summed E-state index contributed by atoms with van der Waals surface area (Å²) in [5, 5.41) is 14.1. The average molecular weight is 648 g/mol. The molecule has 2 N–H and O–H groups in total. The monoisotopic (exact) mass is 647 g/mol. The van der Waals surface area contributed by atoms with Crippen LogP contribution in [0.2, 0.25) is 5.02 Å². The highest BCUT2D eigenvalue weighted by Gasteiger charge is 2.32. The highest BCUT2D eigenvalue weighted by molar-refractivity contribution is 6.33. The second-order valence-electron chi connectivity index (χ2n) is 10.7. The molecule has 0 spiro atoms. The second-order valence-corrected chi connectivity index (χ2v) is 11.2. The van der Waals surface area contributed by atoms with E-state index in [1.54, 1.807) is 59.5 Å². The van der Waals surface area contributed by atoms with Gasteiger partial charge in [-0.1, -0.05) is 90.5 Å². The summed E-state index contributed by atoms with van der Waals surface area (Å²) in [6, 6.07) is 40.2. The number of hydrogen-bond acceptors (Lipinski definition) is 5. The van der Waals surface area contributed by atoms with Crippen molar-refractivity contribution in [3.63, 3.8) is 0 Å². The first kappa shape index (κ1) is 30.2. The van der Waals surface area contributed by atoms with Crippen LogP contribution in [0.3, 0.4) is 0 Å². The molecular weight excluding hydrogens is 622 g/mol. The lowest BCUT2D eigenvalue weighted by Crippen LogP contribution is -2.32. The quantitative estimate of drug-likeness (QED) is 0.0593. The van der Waals surface area contributed by atoms with Gasteiger partial charge in [-0.05, 0) is 60.7 Å². The van der Waals surface area contributed by atoms with Gasteiger partial charge in [-0.15, -0.1) is 10.2 Å². The fourth-order valence-electron chi connectivity index (χ4n) is 5.18. The van der Waals surface area contributed by atoms with Crippen LogP contribution in [0.1, 0.15) is 27.0 Å². The molecule has 0 unspecified atom stereocenters. The number of fused-ring (bicyclic) bond motifs is 1. The molecule has 9 nitrogen and oxygen atoms in total. The van der Waals surface area contributed by atoms with Crippen LogP contribution in [0.15, 0.2) is 166 Å². The average Bonchev–Trinajstić information content (AvgIpc) is 3.70. The van der Waals surface area contributed by atoms with E-state index in [1.807, 2.05) is 91.1 Å². The predicted octanol–water partition coefficient (Wildman–Crippen LogP) is 8.72. The molecule has 48 heavy (non-hydrogen) atoms. The lowest BCUT2D eigenvalue weighted by atomic mass is 10.1. The number of nitrogens with zero attached hydrogens (tertiary/aromatic N) is 5. The summed E-state index contributed by atoms with van der Waals surface area (Å²) in [7, 11) is 0. The maximum Gasteiger partial charge on any atom is 0.295 e. The molecule has 0 atom stereocenters. The third-order valence-corrected chi connectivity index (χ3v) is 7.83. The third kappa shape index (κ3) is 6.44. The Morgan fingerprint density at radius 1 is 0.771 bits per heavy atom. The number of anilines is 2. The van der Waals surface area contributed by atoms with Crippen LogP contribution in [0.5, 0.6) is 0 Å². The summed E-state index contributed by atoms with van der Waals surface area (Å²) in [6.45, 7) is 0. The van der Waals surface area contributed by atoms with Gasteiger partial charge in [-0.3, -0.25) is 19.9 Å². The predicted molar refractivity (Wildman–Crippen MR) is 190 cm³/mol. The number of aromatic amines is 1. The van der Waals surface area contributed by atoms with Gasteiger partial charge in [0.25, 0.3) is 11.8 Å². The standard InChI is InChI=1S/C38H26ClN7O2/c39-29-17-19-30(20-18-29)42-43-35(25-9-3-1-4-10-25)44-45-37(47)27-15-21-31(22-16-27)46-36(26-11-5-2-6-12-26)41-34(38(46)48)23-28-24-40-33-14-8-7-13-32(28)33/h1-24,40,42H/b34-23+,43-35+,45-44?. The number of H-pyrrole nitrogens is 1. The fourth-order valence-corrected chi connectivity index (χ4v) is 5.30. The zero-order valence-corrected chi connectivity index (χ0v) is 26.0. The van der Waals surface area contributed by atoms with Crippen molar-refractivity contribution >= 4 is 63.4 Å². The molecule has 0 aliphatic carbocycles. The van der Waals surface area contributed by atoms with Crippen LogP contribution in [0, 0.1) is 0 Å². The van der Waals surface area contributed by atoms with Gasteiger partial charge in [-0.2, -0.15) is 5.10 Å². The Bertz CT molecular complexity index is 2240. The molecule has 5 aromatic carbocycles. The van der Waals surface area contributed by atoms with Crippen molar-refractivity contribution in [1.82, 2.24) is 4.98 Å². The van der Waals surface area contributed by atoms with E-state index in [9.17, 15) is 9.59 Å². The second kappa shape index (κ2) is 13.5. The molecule has 1 aliphatic rings. The van der Waals surface area contributed by atoms with Gasteiger partial charge in [0.2, 0.25) is 5.84 Å². The summed E-state index contributed by atoms with van der Waals surface area (Å²) in [4.78, 5) is 36.6. The summed E-state index contributed by atoms with van der Waals surface area (Å²) < 4.78 is 0. The van der Waals surface area contributed by atoms with Crippen molar-refractivity contribution in [2.24, 2.45) is 20.3 Å². The molecule has 2 heterocycles. The molecule has 1 aromatic heterocycles. The number of carbonyl (C=O) groups is 2. The Hall–Kier alpha value is -6.45. The van der Waals surface area contributed by atoms with Gasteiger partial charge in [0.15, 0.2) is 0 Å². The molecule has 10 heteroatoms. The zero-order chi connectivity index (χ0) is 32.9. The molecule has 0 saturated heterocycles. The number of aromatic nitrogens is 1. The van der Waals surface area contributed by atoms with Crippen LogP contribution in [-0.4, -0.2) is 28.5 Å². The molecule has 0 bridgehead atoms. The topological polar surface area (TPSA) is 115 Å². The first-order valence-electron chi connectivity index (χ1n) is 15.0. The van der Waals surface area contributed by atoms with Crippen molar-refractivity contribution in [2.45, 2.75) is 0 Å². The van der Waals surface area contributed by atoms with Crippen molar-refractivity contribution in [3.8, 4) is 0 Å². The Morgan fingerprint density at radius 2 is 1.46 bits per heavy atom. The Labute approximate surface area is 280 Å². The van der Waals surface area contributed by atoms with E-state index in [2.05, 4.69) is 25.7 Å². The number of nitrogens with one attached hydrogen (secondary N) is 2. The minimum atomic E-state index is -0.568. The zero-order valence-electron chi connectivity index (χ0n) is 25.3. The first-order chi connectivity index (χ1) is 23.5. The van der Waals surface area contributed by atoms with Crippen LogP contribution < -0.4 is 10.3 Å². The molecular formula is C38H26ClN7O2. The van der Waals surface area contributed by atoms with E-state index in [-0.39, 0.29) is 11.7 Å². The molecule has 1 aliphatic heterocycles. The number of hydrogen-bond donors (Lipinski definition) is 2. The minimum Gasteiger partial charge on any atom is -0.361 e. The van der Waals surface area contributed by atoms with E-state index < -0.39 is 5.91 Å². The molecule has 0 saturated carbocycles. The molecule has 2 amide bonds. The molecule has 0 fully saturated rings. The lowest BCUT2D eigenvalue weighted by molar-refractivity contribution is -0.113. The van der Waals surface area contributed by atoms with Crippen molar-refractivity contribution in [3.05, 3.63) is 173 Å². The Morgan fingerprint density at radius 3 is 2.21 bits per heavy atom.